The second kappa shape index (κ2) is 9.43. The van der Waals surface area contributed by atoms with Crippen LogP contribution in [0, 0.1) is 0 Å². The van der Waals surface area contributed by atoms with Crippen molar-refractivity contribution in [2.45, 2.75) is 32.7 Å². The predicted octanol–water partition coefficient (Wildman–Crippen LogP) is 4.13. The van der Waals surface area contributed by atoms with Crippen molar-refractivity contribution in [1.82, 2.24) is 15.2 Å². The lowest BCUT2D eigenvalue weighted by Crippen LogP contribution is -2.35. The topological polar surface area (TPSA) is 28.2 Å². The lowest BCUT2D eigenvalue weighted by Gasteiger charge is -2.27. The number of nitrogens with one attached hydrogen (secondary N) is 1. The quantitative estimate of drug-likeness (QED) is 0.754. The first kappa shape index (κ1) is 17.6. The Hall–Kier alpha value is -1.71. The molecular formula is C20H29N3. The first-order valence-corrected chi connectivity index (χ1v) is 8.68. The molecular weight excluding hydrogens is 282 g/mol. The van der Waals surface area contributed by atoms with Crippen molar-refractivity contribution in [2.75, 3.05) is 26.7 Å². The molecule has 1 atom stereocenters. The molecule has 0 aliphatic carbocycles. The highest BCUT2D eigenvalue weighted by molar-refractivity contribution is 5.62. The van der Waals surface area contributed by atoms with E-state index in [-0.39, 0.29) is 0 Å². The van der Waals surface area contributed by atoms with Crippen molar-refractivity contribution in [3.05, 3.63) is 54.4 Å². The number of benzene rings is 1. The summed E-state index contributed by atoms with van der Waals surface area (Å²) >= 11 is 0. The summed E-state index contributed by atoms with van der Waals surface area (Å²) in [5.74, 6) is 0. The predicted molar refractivity (Wildman–Crippen MR) is 98.5 cm³/mol. The fourth-order valence-corrected chi connectivity index (χ4v) is 2.99. The van der Waals surface area contributed by atoms with Gasteiger partial charge in [-0.15, -0.1) is 0 Å². The summed E-state index contributed by atoms with van der Waals surface area (Å²) < 4.78 is 0. The molecule has 2 rings (SSSR count). The van der Waals surface area contributed by atoms with Gasteiger partial charge in [-0.3, -0.25) is 4.98 Å². The van der Waals surface area contributed by atoms with E-state index in [0.29, 0.717) is 6.04 Å². The molecule has 124 valence electrons. The van der Waals surface area contributed by atoms with Gasteiger partial charge >= 0.3 is 0 Å². The Morgan fingerprint density at radius 1 is 1.00 bits per heavy atom. The number of aromatic nitrogens is 1. The van der Waals surface area contributed by atoms with E-state index >= 15 is 0 Å². The van der Waals surface area contributed by atoms with E-state index in [1.165, 1.54) is 42.6 Å². The molecule has 2 aromatic rings. The maximum Gasteiger partial charge on any atom is 0.0446 e. The van der Waals surface area contributed by atoms with Crippen LogP contribution in [0.15, 0.2) is 48.8 Å². The normalized spacial score (nSPS) is 12.5. The molecule has 0 radical (unpaired) electrons. The van der Waals surface area contributed by atoms with Crippen molar-refractivity contribution in [2.24, 2.45) is 0 Å². The second-order valence-electron chi connectivity index (χ2n) is 6.01. The number of pyridine rings is 1. The summed E-state index contributed by atoms with van der Waals surface area (Å²) in [6.07, 6.45) is 6.13. The van der Waals surface area contributed by atoms with Crippen LogP contribution in [0.5, 0.6) is 0 Å². The molecule has 0 saturated heterocycles. The van der Waals surface area contributed by atoms with Crippen molar-refractivity contribution in [3.8, 4) is 11.1 Å². The highest BCUT2D eigenvalue weighted by atomic mass is 15.1. The standard InChI is InChI=1S/C20H29N3/c1-4-13-23(14-5-2)16-20(21-3)18-10-8-17(9-11-18)19-7-6-12-22-15-19/h6-12,15,20-21H,4-5,13-14,16H2,1-3H3. The van der Waals surface area contributed by atoms with Gasteiger partial charge in [0.05, 0.1) is 0 Å². The molecule has 0 amide bonds. The Kier molecular flexibility index (Phi) is 7.24. The minimum absolute atomic E-state index is 0.371. The van der Waals surface area contributed by atoms with Gasteiger partial charge in [-0.2, -0.15) is 0 Å². The molecule has 0 fully saturated rings. The van der Waals surface area contributed by atoms with E-state index in [1.54, 1.807) is 0 Å². The maximum absolute atomic E-state index is 4.20. The summed E-state index contributed by atoms with van der Waals surface area (Å²) in [5, 5.41) is 3.47. The minimum Gasteiger partial charge on any atom is -0.312 e. The van der Waals surface area contributed by atoms with Gasteiger partial charge < -0.3 is 10.2 Å². The van der Waals surface area contributed by atoms with Gasteiger partial charge in [-0.05, 0) is 55.7 Å². The van der Waals surface area contributed by atoms with Gasteiger partial charge in [0, 0.05) is 25.0 Å². The first-order chi connectivity index (χ1) is 11.3. The van der Waals surface area contributed by atoms with Gasteiger partial charge in [0.1, 0.15) is 0 Å². The van der Waals surface area contributed by atoms with E-state index in [1.807, 2.05) is 18.5 Å². The van der Waals surface area contributed by atoms with E-state index in [0.717, 1.165) is 6.54 Å². The second-order valence-corrected chi connectivity index (χ2v) is 6.01. The van der Waals surface area contributed by atoms with Crippen molar-refractivity contribution < 1.29 is 0 Å². The molecule has 3 nitrogen and oxygen atoms in total. The summed E-state index contributed by atoms with van der Waals surface area (Å²) in [6, 6.07) is 13.3. The summed E-state index contributed by atoms with van der Waals surface area (Å²) in [7, 11) is 2.05. The summed E-state index contributed by atoms with van der Waals surface area (Å²) in [6.45, 7) is 7.89. The van der Waals surface area contributed by atoms with Crippen LogP contribution in [-0.2, 0) is 0 Å². The third-order valence-corrected chi connectivity index (χ3v) is 4.18. The molecule has 1 unspecified atom stereocenters. The average Bonchev–Trinajstić information content (AvgIpc) is 2.61. The van der Waals surface area contributed by atoms with Crippen molar-refractivity contribution in [3.63, 3.8) is 0 Å². The molecule has 1 heterocycles. The summed E-state index contributed by atoms with van der Waals surface area (Å²) in [5.41, 5.74) is 3.73. The molecule has 0 aliphatic heterocycles. The van der Waals surface area contributed by atoms with Gasteiger partial charge in [0.15, 0.2) is 0 Å². The number of hydrogen-bond acceptors (Lipinski definition) is 3. The Morgan fingerprint density at radius 2 is 1.70 bits per heavy atom. The molecule has 23 heavy (non-hydrogen) atoms. The summed E-state index contributed by atoms with van der Waals surface area (Å²) in [4.78, 5) is 6.75. The molecule has 0 saturated carbocycles. The zero-order valence-corrected chi connectivity index (χ0v) is 14.6. The fourth-order valence-electron chi connectivity index (χ4n) is 2.99. The van der Waals surface area contributed by atoms with E-state index in [4.69, 9.17) is 0 Å². The average molecular weight is 311 g/mol. The fraction of sp³-hybridized carbons (Fsp3) is 0.450. The molecule has 0 bridgehead atoms. The van der Waals surface area contributed by atoms with Gasteiger partial charge in [-0.25, -0.2) is 0 Å². The van der Waals surface area contributed by atoms with E-state index in [2.05, 4.69) is 66.4 Å². The third kappa shape index (κ3) is 5.15. The van der Waals surface area contributed by atoms with Gasteiger partial charge in [0.2, 0.25) is 0 Å². The Balaban J connectivity index is 2.09. The smallest absolute Gasteiger partial charge is 0.0446 e. The lowest BCUT2D eigenvalue weighted by molar-refractivity contribution is 0.247. The highest BCUT2D eigenvalue weighted by Gasteiger charge is 2.13. The number of nitrogens with zero attached hydrogens (tertiary/aromatic N) is 2. The number of hydrogen-bond donors (Lipinski definition) is 1. The van der Waals surface area contributed by atoms with Crippen LogP contribution in [0.3, 0.4) is 0 Å². The first-order valence-electron chi connectivity index (χ1n) is 8.68. The van der Waals surface area contributed by atoms with Crippen LogP contribution in [0.25, 0.3) is 11.1 Å². The largest absolute Gasteiger partial charge is 0.312 e. The van der Waals surface area contributed by atoms with Crippen molar-refractivity contribution in [1.29, 1.82) is 0 Å². The molecule has 1 N–H and O–H groups in total. The zero-order valence-electron chi connectivity index (χ0n) is 14.6. The zero-order chi connectivity index (χ0) is 16.5. The molecule has 0 spiro atoms. The SMILES string of the molecule is CCCN(CCC)CC(NC)c1ccc(-c2cccnc2)cc1. The minimum atomic E-state index is 0.371. The Morgan fingerprint density at radius 3 is 2.22 bits per heavy atom. The van der Waals surface area contributed by atoms with E-state index < -0.39 is 0 Å². The molecule has 1 aromatic heterocycles. The highest BCUT2D eigenvalue weighted by Crippen LogP contribution is 2.22. The monoisotopic (exact) mass is 311 g/mol. The van der Waals surface area contributed by atoms with Crippen molar-refractivity contribution >= 4 is 0 Å². The van der Waals surface area contributed by atoms with Crippen LogP contribution in [0.2, 0.25) is 0 Å². The molecule has 1 aromatic carbocycles. The van der Waals surface area contributed by atoms with Crippen LogP contribution in [0.4, 0.5) is 0 Å². The Bertz CT molecular complexity index is 545. The van der Waals surface area contributed by atoms with Gasteiger partial charge in [-0.1, -0.05) is 44.2 Å². The Labute approximate surface area is 140 Å². The molecule has 0 aliphatic rings. The van der Waals surface area contributed by atoms with Crippen LogP contribution < -0.4 is 5.32 Å². The van der Waals surface area contributed by atoms with Crippen LogP contribution in [0.1, 0.15) is 38.3 Å². The number of likely N-dealkylation sites (N-methyl/N-ethyl adjacent to an activating group) is 1. The van der Waals surface area contributed by atoms with Gasteiger partial charge in [0.25, 0.3) is 0 Å². The maximum atomic E-state index is 4.20. The third-order valence-electron chi connectivity index (χ3n) is 4.18. The lowest BCUT2D eigenvalue weighted by atomic mass is 10.0. The van der Waals surface area contributed by atoms with Crippen LogP contribution in [-0.4, -0.2) is 36.6 Å². The number of rotatable bonds is 9. The van der Waals surface area contributed by atoms with Crippen LogP contribution >= 0.6 is 0 Å². The molecule has 3 heteroatoms. The van der Waals surface area contributed by atoms with E-state index in [9.17, 15) is 0 Å².